The number of hydrogen-bond acceptors (Lipinski definition) is 1. The van der Waals surface area contributed by atoms with Crippen LogP contribution in [0.25, 0.3) is 0 Å². The van der Waals surface area contributed by atoms with Crippen LogP contribution in [0.5, 0.6) is 0 Å². The average molecular weight is 448 g/mol. The molecular weight excluding hydrogens is 422 g/mol. The Morgan fingerprint density at radius 3 is 1.97 bits per heavy atom. The lowest BCUT2D eigenvalue weighted by molar-refractivity contribution is -0.124. The molecule has 0 aliphatic heterocycles. The van der Waals surface area contributed by atoms with Crippen molar-refractivity contribution in [2.45, 2.75) is 37.6 Å². The smallest absolute Gasteiger partial charge is 0.228 e. The molecule has 1 aliphatic rings. The van der Waals surface area contributed by atoms with Gasteiger partial charge < -0.3 is 5.32 Å². The van der Waals surface area contributed by atoms with Gasteiger partial charge in [-0.05, 0) is 41.5 Å². The highest BCUT2D eigenvalue weighted by Gasteiger charge is 2.33. The third-order valence-corrected chi connectivity index (χ3v) is 6.67. The van der Waals surface area contributed by atoms with Gasteiger partial charge in [0.25, 0.3) is 0 Å². The zero-order valence-electron chi connectivity index (χ0n) is 16.4. The third-order valence-electron chi connectivity index (χ3n) is 5.95. The molecule has 4 rings (SSSR count). The Hall–Kier alpha value is -2.39. The van der Waals surface area contributed by atoms with E-state index in [0.717, 1.165) is 34.0 Å². The van der Waals surface area contributed by atoms with E-state index in [0.29, 0.717) is 5.92 Å². The summed E-state index contributed by atoms with van der Waals surface area (Å²) in [5.74, 6) is 0.424. The molecule has 1 amide bonds. The van der Waals surface area contributed by atoms with Crippen LogP contribution >= 0.6 is 15.9 Å². The molecule has 3 aromatic carbocycles. The molecule has 0 heterocycles. The van der Waals surface area contributed by atoms with Crippen LogP contribution in [0.2, 0.25) is 0 Å². The normalized spacial score (nSPS) is 16.3. The predicted molar refractivity (Wildman–Crippen MR) is 122 cm³/mol. The highest BCUT2D eigenvalue weighted by Crippen LogP contribution is 2.38. The highest BCUT2D eigenvalue weighted by atomic mass is 79.9. The van der Waals surface area contributed by atoms with Gasteiger partial charge in [-0.15, -0.1) is 0 Å². The third kappa shape index (κ3) is 4.62. The molecule has 1 saturated carbocycles. The predicted octanol–water partition coefficient (Wildman–Crippen LogP) is 6.63. The summed E-state index contributed by atoms with van der Waals surface area (Å²) in [6.07, 6.45) is 4.68. The van der Waals surface area contributed by atoms with Crippen LogP contribution in [-0.2, 0) is 4.79 Å². The first-order chi connectivity index (χ1) is 14.2. The minimum absolute atomic E-state index is 0.104. The number of amides is 1. The van der Waals surface area contributed by atoms with Crippen molar-refractivity contribution in [2.75, 3.05) is 0 Å². The molecule has 148 valence electrons. The molecule has 0 aromatic heterocycles. The second kappa shape index (κ2) is 9.41. The van der Waals surface area contributed by atoms with Crippen LogP contribution in [0, 0.1) is 5.92 Å². The molecule has 0 radical (unpaired) electrons. The molecule has 0 saturated heterocycles. The van der Waals surface area contributed by atoms with E-state index in [4.69, 9.17) is 0 Å². The molecule has 0 unspecified atom stereocenters. The van der Waals surface area contributed by atoms with Gasteiger partial charge >= 0.3 is 0 Å². The Morgan fingerprint density at radius 2 is 1.34 bits per heavy atom. The molecular formula is C26H26BrNO. The number of hydrogen-bond donors (Lipinski definition) is 1. The van der Waals surface area contributed by atoms with E-state index in [1.165, 1.54) is 12.8 Å². The second-order valence-electron chi connectivity index (χ2n) is 7.81. The van der Waals surface area contributed by atoms with Gasteiger partial charge in [0.15, 0.2) is 0 Å². The van der Waals surface area contributed by atoms with Crippen molar-refractivity contribution in [3.8, 4) is 0 Å². The van der Waals surface area contributed by atoms with Crippen molar-refractivity contribution >= 4 is 21.8 Å². The fraction of sp³-hybridized carbons (Fsp3) is 0.269. The number of benzene rings is 3. The second-order valence-corrected chi connectivity index (χ2v) is 8.66. The lowest BCUT2D eigenvalue weighted by Crippen LogP contribution is -2.36. The van der Waals surface area contributed by atoms with E-state index in [1.54, 1.807) is 0 Å². The van der Waals surface area contributed by atoms with Gasteiger partial charge in [-0.1, -0.05) is 108 Å². The summed E-state index contributed by atoms with van der Waals surface area (Å²) in [5.41, 5.74) is 3.28. The van der Waals surface area contributed by atoms with Crippen molar-refractivity contribution in [2.24, 2.45) is 5.92 Å². The van der Waals surface area contributed by atoms with Crippen LogP contribution in [0.15, 0.2) is 89.4 Å². The molecule has 0 bridgehead atoms. The van der Waals surface area contributed by atoms with Crippen LogP contribution in [0.1, 0.15) is 54.3 Å². The maximum Gasteiger partial charge on any atom is 0.228 e. The topological polar surface area (TPSA) is 29.1 Å². The van der Waals surface area contributed by atoms with E-state index in [1.807, 2.05) is 54.6 Å². The lowest BCUT2D eigenvalue weighted by atomic mass is 9.83. The first-order valence-electron chi connectivity index (χ1n) is 10.4. The van der Waals surface area contributed by atoms with Gasteiger partial charge in [0.2, 0.25) is 5.91 Å². The van der Waals surface area contributed by atoms with Crippen LogP contribution in [-0.4, -0.2) is 5.91 Å². The average Bonchev–Trinajstić information content (AvgIpc) is 3.28. The van der Waals surface area contributed by atoms with Gasteiger partial charge in [0, 0.05) is 4.47 Å². The van der Waals surface area contributed by atoms with Gasteiger partial charge in [-0.2, -0.15) is 0 Å². The minimum Gasteiger partial charge on any atom is -0.345 e. The van der Waals surface area contributed by atoms with Gasteiger partial charge in [-0.25, -0.2) is 0 Å². The molecule has 1 fully saturated rings. The zero-order valence-corrected chi connectivity index (χ0v) is 18.0. The van der Waals surface area contributed by atoms with E-state index < -0.39 is 0 Å². The molecule has 1 aliphatic carbocycles. The Bertz CT molecular complexity index is 935. The number of carbonyl (C=O) groups is 1. The van der Waals surface area contributed by atoms with Crippen LogP contribution in [0.3, 0.4) is 0 Å². The van der Waals surface area contributed by atoms with Crippen molar-refractivity contribution < 1.29 is 4.79 Å². The highest BCUT2D eigenvalue weighted by molar-refractivity contribution is 9.10. The van der Waals surface area contributed by atoms with Gasteiger partial charge in [0.1, 0.15) is 0 Å². The summed E-state index contributed by atoms with van der Waals surface area (Å²) in [7, 11) is 0. The number of carbonyl (C=O) groups excluding carboxylic acids is 1. The van der Waals surface area contributed by atoms with Crippen LogP contribution in [0.4, 0.5) is 0 Å². The monoisotopic (exact) mass is 447 g/mol. The number of nitrogens with one attached hydrogen (secondary N) is 1. The summed E-state index contributed by atoms with van der Waals surface area (Å²) in [6.45, 7) is 0. The minimum atomic E-state index is -0.188. The Morgan fingerprint density at radius 1 is 0.793 bits per heavy atom. The number of rotatable bonds is 6. The Kier molecular flexibility index (Phi) is 6.46. The van der Waals surface area contributed by atoms with Gasteiger partial charge in [-0.3, -0.25) is 4.79 Å². The molecule has 2 atom stereocenters. The first kappa shape index (κ1) is 19.9. The fourth-order valence-electron chi connectivity index (χ4n) is 4.52. The zero-order chi connectivity index (χ0) is 20.1. The molecule has 2 nitrogen and oxygen atoms in total. The summed E-state index contributed by atoms with van der Waals surface area (Å²) in [6, 6.07) is 28.4. The molecule has 29 heavy (non-hydrogen) atoms. The van der Waals surface area contributed by atoms with Crippen molar-refractivity contribution in [1.82, 2.24) is 5.32 Å². The largest absolute Gasteiger partial charge is 0.345 e. The molecule has 0 spiro atoms. The van der Waals surface area contributed by atoms with E-state index in [9.17, 15) is 4.79 Å². The summed E-state index contributed by atoms with van der Waals surface area (Å²) in [4.78, 5) is 13.7. The number of halogens is 1. The SMILES string of the molecule is O=C(N[C@@H](c1ccccc1)c1ccccc1Br)[C@H](c1ccccc1)C1CCCC1. The fourth-order valence-corrected chi connectivity index (χ4v) is 5.03. The standard InChI is InChI=1S/C26H26BrNO/c27-23-18-10-9-17-22(23)25(21-15-5-2-6-16-21)28-26(29)24(20-13-7-8-14-20)19-11-3-1-4-12-19/h1-6,9-12,15-18,20,24-25H,7-8,13-14H2,(H,28,29)/t24-,25+/m1/s1. The Labute approximate surface area is 181 Å². The summed E-state index contributed by atoms with van der Waals surface area (Å²) in [5, 5.41) is 3.40. The van der Waals surface area contributed by atoms with E-state index in [2.05, 4.69) is 51.6 Å². The summed E-state index contributed by atoms with van der Waals surface area (Å²) < 4.78 is 1.01. The van der Waals surface area contributed by atoms with E-state index in [-0.39, 0.29) is 17.9 Å². The van der Waals surface area contributed by atoms with Crippen molar-refractivity contribution in [3.05, 3.63) is 106 Å². The lowest BCUT2D eigenvalue weighted by Gasteiger charge is -2.27. The maximum absolute atomic E-state index is 13.7. The first-order valence-corrected chi connectivity index (χ1v) is 11.2. The molecule has 3 aromatic rings. The summed E-state index contributed by atoms with van der Waals surface area (Å²) >= 11 is 3.68. The molecule has 1 N–H and O–H groups in total. The maximum atomic E-state index is 13.7. The Balaban J connectivity index is 1.68. The van der Waals surface area contributed by atoms with Crippen molar-refractivity contribution in [1.29, 1.82) is 0 Å². The quantitative estimate of drug-likeness (QED) is 0.451. The van der Waals surface area contributed by atoms with Crippen molar-refractivity contribution in [3.63, 3.8) is 0 Å². The van der Waals surface area contributed by atoms with Gasteiger partial charge in [0.05, 0.1) is 12.0 Å². The molecule has 3 heteroatoms. The van der Waals surface area contributed by atoms with E-state index >= 15 is 0 Å². The van der Waals surface area contributed by atoms with Crippen LogP contribution < -0.4 is 5.32 Å².